The molecule has 2 atom stereocenters. The van der Waals surface area contributed by atoms with E-state index in [4.69, 9.17) is 8.85 Å². The summed E-state index contributed by atoms with van der Waals surface area (Å²) < 4.78 is 11.9. The Hall–Kier alpha value is -1.00. The van der Waals surface area contributed by atoms with Crippen LogP contribution < -0.4 is 0 Å². The number of hydrogen-bond acceptors (Lipinski definition) is 2. The summed E-state index contributed by atoms with van der Waals surface area (Å²) in [6, 6.07) is 0. The Balaban J connectivity index is 2.62. The Morgan fingerprint density at radius 1 is 1.43 bits per heavy atom. The average Bonchev–Trinajstić information content (AvgIpc) is 2.38. The van der Waals surface area contributed by atoms with Gasteiger partial charge in [-0.15, -0.1) is 6.58 Å². The van der Waals surface area contributed by atoms with Crippen LogP contribution in [0, 0.1) is 5.92 Å². The van der Waals surface area contributed by atoms with Crippen LogP contribution in [-0.2, 0) is 13.6 Å². The Kier molecular flexibility index (Phi) is 5.88. The zero-order valence-corrected chi connectivity index (χ0v) is 15.2. The summed E-state index contributed by atoms with van der Waals surface area (Å²) in [6.45, 7) is 17.5. The average molecular weight is 310 g/mol. The zero-order chi connectivity index (χ0) is 16.3. The highest BCUT2D eigenvalue weighted by atomic mass is 28.4. The Morgan fingerprint density at radius 3 is 2.57 bits per heavy atom. The number of carbonyl (C=O) groups is 1. The molecule has 0 aromatic rings. The predicted molar refractivity (Wildman–Crippen MR) is 90.1 cm³/mol. The van der Waals surface area contributed by atoms with Crippen LogP contribution >= 0.6 is 0 Å². The molecule has 0 aromatic heterocycles. The third-order valence-electron chi connectivity index (χ3n) is 4.46. The van der Waals surface area contributed by atoms with Gasteiger partial charge in [-0.3, -0.25) is 4.79 Å². The molecule has 1 aliphatic heterocycles. The van der Waals surface area contributed by atoms with Crippen LogP contribution in [0.1, 0.15) is 34.1 Å². The van der Waals surface area contributed by atoms with E-state index >= 15 is 0 Å². The first kappa shape index (κ1) is 18.0. The lowest BCUT2D eigenvalue weighted by Gasteiger charge is -2.35. The molecule has 1 rings (SSSR count). The zero-order valence-electron chi connectivity index (χ0n) is 14.2. The number of ketones is 2. The third-order valence-corrected chi connectivity index (χ3v) is 9.00. The molecule has 1 unspecified atom stereocenters. The Bertz CT molecular complexity index is 455. The van der Waals surface area contributed by atoms with Gasteiger partial charge >= 0.3 is 11.9 Å². The Morgan fingerprint density at radius 2 is 2.05 bits per heavy atom. The van der Waals surface area contributed by atoms with E-state index in [1.807, 2.05) is 6.92 Å². The van der Waals surface area contributed by atoms with Gasteiger partial charge in [0.05, 0.1) is 12.3 Å². The molecule has 4 heteroatoms. The SMILES string of the molecule is C=CC(C)[C@@H]1[O+]=C(CCO[Si](C)(C)C(C)(C)C)C=CC1=O. The topological polar surface area (TPSA) is 37.6 Å². The van der Waals surface area contributed by atoms with E-state index in [-0.39, 0.29) is 16.7 Å². The summed E-state index contributed by atoms with van der Waals surface area (Å²) in [4.78, 5) is 11.8. The summed E-state index contributed by atoms with van der Waals surface area (Å²) in [5.41, 5.74) is 0. The van der Waals surface area contributed by atoms with E-state index in [2.05, 4.69) is 40.4 Å². The molecule has 0 fully saturated rings. The number of hydrogen-bond donors (Lipinski definition) is 0. The van der Waals surface area contributed by atoms with Crippen molar-refractivity contribution in [1.29, 1.82) is 0 Å². The molecule has 0 bridgehead atoms. The van der Waals surface area contributed by atoms with Gasteiger partial charge in [-0.1, -0.05) is 26.8 Å². The molecule has 3 nitrogen and oxygen atoms in total. The maximum absolute atomic E-state index is 11.8. The molecule has 118 valence electrons. The normalized spacial score (nSPS) is 21.1. The lowest BCUT2D eigenvalue weighted by atomic mass is 9.99. The van der Waals surface area contributed by atoms with Crippen LogP contribution in [0.4, 0.5) is 0 Å². The second-order valence-electron chi connectivity index (χ2n) is 7.19. The van der Waals surface area contributed by atoms with Gasteiger partial charge in [0.2, 0.25) is 0 Å². The first-order valence-electron chi connectivity index (χ1n) is 7.59. The van der Waals surface area contributed by atoms with Gasteiger partial charge in [-0.25, -0.2) is 4.42 Å². The van der Waals surface area contributed by atoms with Gasteiger partial charge in [-0.2, -0.15) is 0 Å². The van der Waals surface area contributed by atoms with Crippen LogP contribution in [-0.4, -0.2) is 32.6 Å². The van der Waals surface area contributed by atoms with Crippen molar-refractivity contribution in [3.8, 4) is 0 Å². The minimum absolute atomic E-state index is 0.0106. The molecule has 0 saturated heterocycles. The molecule has 0 aliphatic carbocycles. The van der Waals surface area contributed by atoms with Crippen molar-refractivity contribution in [1.82, 2.24) is 0 Å². The maximum atomic E-state index is 11.8. The van der Waals surface area contributed by atoms with Crippen molar-refractivity contribution in [2.45, 2.75) is 58.4 Å². The molecule has 0 spiro atoms. The van der Waals surface area contributed by atoms with E-state index in [0.717, 1.165) is 5.78 Å². The first-order valence-corrected chi connectivity index (χ1v) is 10.5. The van der Waals surface area contributed by atoms with Crippen LogP contribution in [0.3, 0.4) is 0 Å². The van der Waals surface area contributed by atoms with E-state index < -0.39 is 14.4 Å². The van der Waals surface area contributed by atoms with E-state index in [9.17, 15) is 4.79 Å². The monoisotopic (exact) mass is 309 g/mol. The van der Waals surface area contributed by atoms with E-state index in [0.29, 0.717) is 13.0 Å². The van der Waals surface area contributed by atoms with Gasteiger partial charge in [0, 0.05) is 18.8 Å². The lowest BCUT2D eigenvalue weighted by molar-refractivity contribution is -0.494. The van der Waals surface area contributed by atoms with Gasteiger partial charge in [0.15, 0.2) is 8.32 Å². The van der Waals surface area contributed by atoms with Crippen LogP contribution in [0.5, 0.6) is 0 Å². The van der Waals surface area contributed by atoms with E-state index in [1.54, 1.807) is 18.2 Å². The number of rotatable bonds is 6. The van der Waals surface area contributed by atoms with E-state index in [1.165, 1.54) is 0 Å². The lowest BCUT2D eigenvalue weighted by Crippen LogP contribution is -2.41. The second kappa shape index (κ2) is 6.84. The minimum atomic E-state index is -1.72. The molecular weight excluding hydrogens is 280 g/mol. The molecule has 0 N–H and O–H groups in total. The van der Waals surface area contributed by atoms with Crippen LogP contribution in [0.25, 0.3) is 0 Å². The molecule has 1 heterocycles. The highest BCUT2D eigenvalue weighted by Gasteiger charge is 2.38. The fourth-order valence-corrected chi connectivity index (χ4v) is 2.83. The van der Waals surface area contributed by atoms with Gasteiger partial charge in [0.25, 0.3) is 5.78 Å². The summed E-state index contributed by atoms with van der Waals surface area (Å²) in [5, 5.41) is 0.205. The standard InChI is InChI=1S/C17H29O3Si/c1-8-13(2)16-15(18)10-9-14(20-16)11-12-19-21(6,7)17(3,4)5/h8-10,13,16H,1,11-12H2,2-7H3/q+1/t13?,16-/m0/s1. The number of carbonyl (C=O) groups excluding carboxylic acids is 2. The molecular formula is C17H29O3Si+. The smallest absolute Gasteiger partial charge is 0.338 e. The summed E-state index contributed by atoms with van der Waals surface area (Å²) in [5.74, 6) is 0.849. The van der Waals surface area contributed by atoms with Crippen molar-refractivity contribution in [2.75, 3.05) is 6.61 Å². The molecule has 0 aromatic carbocycles. The highest BCUT2D eigenvalue weighted by molar-refractivity contribution is 6.74. The quantitative estimate of drug-likeness (QED) is 0.425. The summed E-state index contributed by atoms with van der Waals surface area (Å²) >= 11 is 0. The van der Waals surface area contributed by atoms with Crippen LogP contribution in [0.2, 0.25) is 18.1 Å². The molecule has 0 amide bonds. The fraction of sp³-hybridized carbons (Fsp3) is 0.647. The van der Waals surface area contributed by atoms with Crippen molar-refractivity contribution >= 4 is 19.9 Å². The molecule has 21 heavy (non-hydrogen) atoms. The second-order valence-corrected chi connectivity index (χ2v) is 12.0. The van der Waals surface area contributed by atoms with Crippen molar-refractivity contribution in [2.24, 2.45) is 5.92 Å². The molecule has 0 radical (unpaired) electrons. The van der Waals surface area contributed by atoms with Crippen molar-refractivity contribution < 1.29 is 13.6 Å². The highest BCUT2D eigenvalue weighted by Crippen LogP contribution is 2.36. The summed E-state index contributed by atoms with van der Waals surface area (Å²) in [7, 11) is -1.72. The Labute approximate surface area is 129 Å². The predicted octanol–water partition coefficient (Wildman–Crippen LogP) is 3.83. The number of allylic oxidation sites excluding steroid dienone is 1. The fourth-order valence-electron chi connectivity index (χ4n) is 1.79. The first-order chi connectivity index (χ1) is 9.58. The largest absolute Gasteiger partial charge is 0.416 e. The van der Waals surface area contributed by atoms with Crippen LogP contribution in [0.15, 0.2) is 24.8 Å². The maximum Gasteiger partial charge on any atom is 0.338 e. The van der Waals surface area contributed by atoms with Gasteiger partial charge < -0.3 is 4.43 Å². The van der Waals surface area contributed by atoms with Gasteiger partial charge in [0.1, 0.15) is 0 Å². The minimum Gasteiger partial charge on any atom is -0.416 e. The molecule has 0 saturated carbocycles. The third kappa shape index (κ3) is 4.75. The molecule has 1 aliphatic rings. The van der Waals surface area contributed by atoms with Crippen molar-refractivity contribution in [3.63, 3.8) is 0 Å². The van der Waals surface area contributed by atoms with Gasteiger partial charge in [-0.05, 0) is 25.1 Å². The van der Waals surface area contributed by atoms with Crippen molar-refractivity contribution in [3.05, 3.63) is 24.8 Å². The summed E-state index contributed by atoms with van der Waals surface area (Å²) in [6.07, 6.45) is 5.40.